The van der Waals surface area contributed by atoms with E-state index in [0.29, 0.717) is 12.1 Å². The van der Waals surface area contributed by atoms with Crippen molar-refractivity contribution in [3.8, 4) is 0 Å². The summed E-state index contributed by atoms with van der Waals surface area (Å²) in [6.07, 6.45) is 3.39. The number of amides is 1. The molecule has 0 atom stereocenters. The number of anilines is 1. The van der Waals surface area contributed by atoms with Gasteiger partial charge >= 0.3 is 0 Å². The monoisotopic (exact) mass is 379 g/mol. The molecule has 2 aliphatic rings. The van der Waals surface area contributed by atoms with Crippen LogP contribution in [0.15, 0.2) is 53.5 Å². The molecule has 1 spiro atoms. The Kier molecular flexibility index (Phi) is 5.21. The number of amidine groups is 1. The van der Waals surface area contributed by atoms with Crippen LogP contribution in [0.1, 0.15) is 34.3 Å². The van der Waals surface area contributed by atoms with Gasteiger partial charge in [-0.2, -0.15) is 11.8 Å². The largest absolute Gasteiger partial charge is 0.355 e. The van der Waals surface area contributed by atoms with Gasteiger partial charge in [-0.25, -0.2) is 0 Å². The van der Waals surface area contributed by atoms with Crippen LogP contribution in [-0.2, 0) is 13.0 Å². The van der Waals surface area contributed by atoms with Crippen molar-refractivity contribution >= 4 is 29.2 Å². The van der Waals surface area contributed by atoms with Crippen LogP contribution >= 0.6 is 11.8 Å². The third-order valence-electron chi connectivity index (χ3n) is 5.59. The lowest BCUT2D eigenvalue weighted by Crippen LogP contribution is -2.44. The summed E-state index contributed by atoms with van der Waals surface area (Å²) in [6, 6.07) is 16.3. The molecule has 2 aromatic carbocycles. The second kappa shape index (κ2) is 7.77. The number of thioether (sulfide) groups is 1. The number of para-hydroxylation sites is 1. The van der Waals surface area contributed by atoms with Crippen molar-refractivity contribution in [2.45, 2.75) is 25.8 Å². The molecule has 1 fully saturated rings. The van der Waals surface area contributed by atoms with Crippen LogP contribution in [0.3, 0.4) is 0 Å². The van der Waals surface area contributed by atoms with Crippen LogP contribution in [0.5, 0.6) is 0 Å². The highest BCUT2D eigenvalue weighted by atomic mass is 32.2. The molecule has 2 aromatic rings. The van der Waals surface area contributed by atoms with E-state index in [1.54, 1.807) is 7.05 Å². The molecular formula is C22H25N3OS. The lowest BCUT2D eigenvalue weighted by Gasteiger charge is -2.42. The number of hydrogen-bond acceptors (Lipinski definition) is 3. The molecule has 0 radical (unpaired) electrons. The summed E-state index contributed by atoms with van der Waals surface area (Å²) in [7, 11) is 1.66. The number of aliphatic imine (C=N–C) groups is 1. The van der Waals surface area contributed by atoms with Gasteiger partial charge in [-0.05, 0) is 60.1 Å². The molecule has 0 saturated carbocycles. The maximum atomic E-state index is 11.9. The highest BCUT2D eigenvalue weighted by Gasteiger charge is 2.41. The van der Waals surface area contributed by atoms with Crippen molar-refractivity contribution in [2.24, 2.45) is 10.4 Å². The maximum Gasteiger partial charge on any atom is 0.251 e. The van der Waals surface area contributed by atoms with Crippen LogP contribution in [0.25, 0.3) is 0 Å². The Morgan fingerprint density at radius 2 is 2.00 bits per heavy atom. The standard InChI is InChI=1S/C22H25N3OS/c1-23-20(26)17-7-4-5-16(13-17)15-24-21-22(9-11-27-12-10-22)14-18-6-2-3-8-19(18)25-21/h2-8,13H,9-12,14-15H2,1H3,(H,23,26)(H,24,25). The van der Waals surface area contributed by atoms with E-state index in [4.69, 9.17) is 4.99 Å². The molecule has 2 heterocycles. The molecule has 5 heteroatoms. The molecule has 4 rings (SSSR count). The second-order valence-electron chi connectivity index (χ2n) is 7.30. The average Bonchev–Trinajstić information content (AvgIpc) is 2.72. The van der Waals surface area contributed by atoms with Crippen molar-refractivity contribution in [2.75, 3.05) is 23.9 Å². The third kappa shape index (κ3) is 3.74. The van der Waals surface area contributed by atoms with Crippen LogP contribution in [0, 0.1) is 5.41 Å². The van der Waals surface area contributed by atoms with Crippen molar-refractivity contribution in [3.63, 3.8) is 0 Å². The van der Waals surface area contributed by atoms with Crippen molar-refractivity contribution in [1.82, 2.24) is 5.32 Å². The van der Waals surface area contributed by atoms with Gasteiger partial charge in [0, 0.05) is 23.7 Å². The Labute approximate surface area is 164 Å². The van der Waals surface area contributed by atoms with E-state index in [9.17, 15) is 4.79 Å². The summed E-state index contributed by atoms with van der Waals surface area (Å²) in [5.74, 6) is 3.44. The van der Waals surface area contributed by atoms with E-state index >= 15 is 0 Å². The quantitative estimate of drug-likeness (QED) is 0.843. The molecular weight excluding hydrogens is 354 g/mol. The van der Waals surface area contributed by atoms with Crippen LogP contribution in [0.2, 0.25) is 0 Å². The molecule has 1 saturated heterocycles. The van der Waals surface area contributed by atoms with Crippen molar-refractivity contribution in [1.29, 1.82) is 0 Å². The topological polar surface area (TPSA) is 53.5 Å². The molecule has 0 aliphatic carbocycles. The molecule has 4 nitrogen and oxygen atoms in total. The zero-order chi connectivity index (χ0) is 18.7. The predicted octanol–water partition coefficient (Wildman–Crippen LogP) is 4.13. The third-order valence-corrected chi connectivity index (χ3v) is 6.57. The molecule has 0 unspecified atom stereocenters. The average molecular weight is 380 g/mol. The smallest absolute Gasteiger partial charge is 0.251 e. The highest BCUT2D eigenvalue weighted by molar-refractivity contribution is 7.99. The van der Waals surface area contributed by atoms with Gasteiger partial charge in [-0.1, -0.05) is 30.3 Å². The Morgan fingerprint density at radius 3 is 2.81 bits per heavy atom. The Hall–Kier alpha value is -2.27. The number of carbonyl (C=O) groups is 1. The van der Waals surface area contributed by atoms with E-state index in [1.165, 1.54) is 22.8 Å². The summed E-state index contributed by atoms with van der Waals surface area (Å²) in [5, 5.41) is 6.32. The maximum absolute atomic E-state index is 11.9. The number of carbonyl (C=O) groups excluding carboxylic acids is 1. The molecule has 140 valence electrons. The Bertz CT molecular complexity index is 871. The second-order valence-corrected chi connectivity index (χ2v) is 8.52. The van der Waals surface area contributed by atoms with Crippen LogP contribution in [-0.4, -0.2) is 30.3 Å². The highest BCUT2D eigenvalue weighted by Crippen LogP contribution is 2.44. The fraction of sp³-hybridized carbons (Fsp3) is 0.364. The first-order chi connectivity index (χ1) is 13.2. The van der Waals surface area contributed by atoms with Gasteiger partial charge in [0.25, 0.3) is 5.91 Å². The SMILES string of the molecule is CNC(=O)c1cccc(CN=C2Nc3ccccc3CC23CCSCC3)c1. The van der Waals surface area contributed by atoms with Gasteiger partial charge in [0.1, 0.15) is 5.84 Å². The van der Waals surface area contributed by atoms with Gasteiger partial charge in [-0.3, -0.25) is 9.79 Å². The number of fused-ring (bicyclic) bond motifs is 1. The molecule has 2 N–H and O–H groups in total. The van der Waals surface area contributed by atoms with Gasteiger partial charge in [0.2, 0.25) is 0 Å². The zero-order valence-corrected chi connectivity index (χ0v) is 16.4. The van der Waals surface area contributed by atoms with Crippen LogP contribution < -0.4 is 10.6 Å². The summed E-state index contributed by atoms with van der Waals surface area (Å²) >= 11 is 2.04. The number of rotatable bonds is 3. The lowest BCUT2D eigenvalue weighted by molar-refractivity contribution is 0.0963. The fourth-order valence-electron chi connectivity index (χ4n) is 4.01. The van der Waals surface area contributed by atoms with E-state index in [2.05, 4.69) is 34.9 Å². The number of benzene rings is 2. The summed E-state index contributed by atoms with van der Waals surface area (Å²) in [6.45, 7) is 0.588. The van der Waals surface area contributed by atoms with Gasteiger partial charge in [0.15, 0.2) is 0 Å². The van der Waals surface area contributed by atoms with E-state index < -0.39 is 0 Å². The number of hydrogen-bond donors (Lipinski definition) is 2. The summed E-state index contributed by atoms with van der Waals surface area (Å²) in [5.41, 5.74) is 4.44. The summed E-state index contributed by atoms with van der Waals surface area (Å²) in [4.78, 5) is 16.9. The minimum absolute atomic E-state index is 0.0602. The first-order valence-corrected chi connectivity index (χ1v) is 10.6. The number of nitrogens with one attached hydrogen (secondary N) is 2. The summed E-state index contributed by atoms with van der Waals surface area (Å²) < 4.78 is 0. The van der Waals surface area contributed by atoms with Crippen molar-refractivity contribution in [3.05, 3.63) is 65.2 Å². The van der Waals surface area contributed by atoms with Crippen LogP contribution in [0.4, 0.5) is 5.69 Å². The minimum Gasteiger partial charge on any atom is -0.355 e. The first kappa shape index (κ1) is 18.1. The van der Waals surface area contributed by atoms with E-state index in [1.807, 2.05) is 36.0 Å². The Balaban J connectivity index is 1.63. The van der Waals surface area contributed by atoms with E-state index in [-0.39, 0.29) is 11.3 Å². The first-order valence-electron chi connectivity index (χ1n) is 9.49. The van der Waals surface area contributed by atoms with Gasteiger partial charge in [0.05, 0.1) is 6.54 Å². The normalized spacial score (nSPS) is 19.4. The number of nitrogens with zero attached hydrogens (tertiary/aromatic N) is 1. The fourth-order valence-corrected chi connectivity index (χ4v) is 5.29. The Morgan fingerprint density at radius 1 is 1.19 bits per heavy atom. The van der Waals surface area contributed by atoms with E-state index in [0.717, 1.165) is 30.7 Å². The minimum atomic E-state index is -0.0602. The van der Waals surface area contributed by atoms with Gasteiger partial charge < -0.3 is 10.6 Å². The zero-order valence-electron chi connectivity index (χ0n) is 15.6. The molecule has 2 aliphatic heterocycles. The lowest BCUT2D eigenvalue weighted by atomic mass is 9.73. The molecule has 0 bridgehead atoms. The predicted molar refractivity (Wildman–Crippen MR) is 114 cm³/mol. The molecule has 27 heavy (non-hydrogen) atoms. The van der Waals surface area contributed by atoms with Gasteiger partial charge in [-0.15, -0.1) is 0 Å². The molecule has 0 aromatic heterocycles. The molecule has 1 amide bonds. The van der Waals surface area contributed by atoms with Crippen molar-refractivity contribution < 1.29 is 4.79 Å².